The molecule has 76 valence electrons. The van der Waals surface area contributed by atoms with Gasteiger partial charge in [-0.1, -0.05) is 6.92 Å². The van der Waals surface area contributed by atoms with Crippen molar-refractivity contribution in [1.29, 1.82) is 0 Å². The van der Waals surface area contributed by atoms with Gasteiger partial charge < -0.3 is 10.2 Å². The summed E-state index contributed by atoms with van der Waals surface area (Å²) in [5, 5.41) is 3.36. The van der Waals surface area contributed by atoms with Gasteiger partial charge in [0.05, 0.1) is 0 Å². The topological polar surface area (TPSA) is 32.3 Å². The molecule has 4 heteroatoms. The fourth-order valence-corrected chi connectivity index (χ4v) is 2.28. The molecule has 2 aliphatic heterocycles. The summed E-state index contributed by atoms with van der Waals surface area (Å²) in [6.07, 6.45) is 0.660. The number of hydrogen-bond acceptors (Lipinski definition) is 2. The van der Waals surface area contributed by atoms with Crippen molar-refractivity contribution in [3.8, 4) is 0 Å². The third-order valence-electron chi connectivity index (χ3n) is 3.04. The van der Waals surface area contributed by atoms with Gasteiger partial charge in [0, 0.05) is 32.6 Å². The molecule has 2 unspecified atom stereocenters. The van der Waals surface area contributed by atoms with Crippen LogP contribution in [0.4, 0.5) is 0 Å². The Balaban J connectivity index is 0.000000845. The number of nitrogens with one attached hydrogen (secondary N) is 1. The molecular formula is C9H17ClN2O. The van der Waals surface area contributed by atoms with Crippen LogP contribution >= 0.6 is 12.4 Å². The van der Waals surface area contributed by atoms with Crippen LogP contribution in [0.25, 0.3) is 0 Å². The smallest absolute Gasteiger partial charge is 0.222 e. The van der Waals surface area contributed by atoms with Crippen LogP contribution in [-0.2, 0) is 4.79 Å². The van der Waals surface area contributed by atoms with E-state index in [1.165, 1.54) is 0 Å². The molecule has 2 atom stereocenters. The van der Waals surface area contributed by atoms with Gasteiger partial charge in [-0.05, 0) is 11.8 Å². The van der Waals surface area contributed by atoms with Gasteiger partial charge >= 0.3 is 0 Å². The van der Waals surface area contributed by atoms with Crippen molar-refractivity contribution >= 4 is 18.3 Å². The number of amides is 1. The second kappa shape index (κ2) is 4.29. The minimum absolute atomic E-state index is 0. The third-order valence-corrected chi connectivity index (χ3v) is 3.04. The lowest BCUT2D eigenvalue weighted by Crippen LogP contribution is -2.31. The summed E-state index contributed by atoms with van der Waals surface area (Å²) in [6, 6.07) is 0. The molecule has 2 heterocycles. The highest BCUT2D eigenvalue weighted by atomic mass is 35.5. The SMILES string of the molecule is CCC(=O)N1CC2CNCC2C1.Cl. The Hall–Kier alpha value is -0.280. The predicted octanol–water partition coefficient (Wildman–Crippen LogP) is 0.496. The molecule has 0 aromatic carbocycles. The van der Waals surface area contributed by atoms with E-state index in [-0.39, 0.29) is 12.4 Å². The Morgan fingerprint density at radius 1 is 1.38 bits per heavy atom. The molecule has 2 rings (SSSR count). The molecule has 2 fully saturated rings. The summed E-state index contributed by atoms with van der Waals surface area (Å²) in [7, 11) is 0. The van der Waals surface area contributed by atoms with E-state index in [2.05, 4.69) is 5.32 Å². The molecule has 0 bridgehead atoms. The van der Waals surface area contributed by atoms with Gasteiger partial charge in [0.15, 0.2) is 0 Å². The van der Waals surface area contributed by atoms with Crippen LogP contribution in [0, 0.1) is 11.8 Å². The quantitative estimate of drug-likeness (QED) is 0.675. The molecular weight excluding hydrogens is 188 g/mol. The molecule has 2 saturated heterocycles. The lowest BCUT2D eigenvalue weighted by Gasteiger charge is -2.15. The van der Waals surface area contributed by atoms with Gasteiger partial charge in [-0.25, -0.2) is 0 Å². The van der Waals surface area contributed by atoms with Crippen molar-refractivity contribution in [2.45, 2.75) is 13.3 Å². The number of likely N-dealkylation sites (tertiary alicyclic amines) is 1. The van der Waals surface area contributed by atoms with E-state index in [0.29, 0.717) is 12.3 Å². The molecule has 1 N–H and O–H groups in total. The van der Waals surface area contributed by atoms with Gasteiger partial charge in [0.2, 0.25) is 5.91 Å². The first-order chi connectivity index (χ1) is 5.81. The number of carbonyl (C=O) groups excluding carboxylic acids is 1. The van der Waals surface area contributed by atoms with Crippen LogP contribution in [0.3, 0.4) is 0 Å². The molecule has 0 saturated carbocycles. The standard InChI is InChI=1S/C9H16N2O.ClH/c1-2-9(12)11-5-7-3-10-4-8(7)6-11;/h7-8,10H,2-6H2,1H3;1H. The normalized spacial score (nSPS) is 31.3. The number of halogens is 1. The van der Waals surface area contributed by atoms with Crippen LogP contribution in [-0.4, -0.2) is 37.0 Å². The molecule has 0 aromatic heterocycles. The summed E-state index contributed by atoms with van der Waals surface area (Å²) < 4.78 is 0. The highest BCUT2D eigenvalue weighted by molar-refractivity contribution is 5.85. The zero-order valence-electron chi connectivity index (χ0n) is 7.95. The molecule has 1 amide bonds. The fourth-order valence-electron chi connectivity index (χ4n) is 2.28. The Labute approximate surface area is 85.3 Å². The van der Waals surface area contributed by atoms with Gasteiger partial charge in [0.25, 0.3) is 0 Å². The Morgan fingerprint density at radius 3 is 2.38 bits per heavy atom. The number of hydrogen-bond donors (Lipinski definition) is 1. The summed E-state index contributed by atoms with van der Waals surface area (Å²) >= 11 is 0. The minimum atomic E-state index is 0. The second-order valence-corrected chi connectivity index (χ2v) is 3.83. The average molecular weight is 205 g/mol. The van der Waals surface area contributed by atoms with E-state index in [4.69, 9.17) is 0 Å². The minimum Gasteiger partial charge on any atom is -0.342 e. The first kappa shape index (κ1) is 10.8. The van der Waals surface area contributed by atoms with Crippen LogP contribution in [0.2, 0.25) is 0 Å². The number of nitrogens with zero attached hydrogens (tertiary/aromatic N) is 1. The molecule has 0 aromatic rings. The Bertz CT molecular complexity index is 186. The zero-order valence-corrected chi connectivity index (χ0v) is 8.77. The van der Waals surface area contributed by atoms with E-state index >= 15 is 0 Å². The summed E-state index contributed by atoms with van der Waals surface area (Å²) in [6.45, 7) is 6.14. The van der Waals surface area contributed by atoms with Crippen molar-refractivity contribution in [2.24, 2.45) is 11.8 Å². The monoisotopic (exact) mass is 204 g/mol. The lowest BCUT2D eigenvalue weighted by atomic mass is 10.0. The summed E-state index contributed by atoms with van der Waals surface area (Å²) in [5.74, 6) is 1.80. The van der Waals surface area contributed by atoms with E-state index in [1.807, 2.05) is 11.8 Å². The van der Waals surface area contributed by atoms with Crippen molar-refractivity contribution in [2.75, 3.05) is 26.2 Å². The van der Waals surface area contributed by atoms with Crippen molar-refractivity contribution in [1.82, 2.24) is 10.2 Å². The largest absolute Gasteiger partial charge is 0.342 e. The first-order valence-electron chi connectivity index (χ1n) is 4.79. The highest BCUT2D eigenvalue weighted by Crippen LogP contribution is 2.26. The number of carbonyl (C=O) groups is 1. The molecule has 0 aliphatic carbocycles. The highest BCUT2D eigenvalue weighted by Gasteiger charge is 2.37. The molecule has 13 heavy (non-hydrogen) atoms. The Kier molecular flexibility index (Phi) is 3.56. The van der Waals surface area contributed by atoms with E-state index < -0.39 is 0 Å². The first-order valence-corrected chi connectivity index (χ1v) is 4.79. The van der Waals surface area contributed by atoms with Crippen molar-refractivity contribution in [3.05, 3.63) is 0 Å². The predicted molar refractivity (Wildman–Crippen MR) is 54.0 cm³/mol. The molecule has 0 spiro atoms. The van der Waals surface area contributed by atoms with Crippen LogP contribution in [0.15, 0.2) is 0 Å². The number of rotatable bonds is 1. The van der Waals surface area contributed by atoms with Gasteiger partial charge in [0.1, 0.15) is 0 Å². The summed E-state index contributed by atoms with van der Waals surface area (Å²) in [4.78, 5) is 13.4. The van der Waals surface area contributed by atoms with E-state index in [9.17, 15) is 4.79 Å². The van der Waals surface area contributed by atoms with Gasteiger partial charge in [-0.15, -0.1) is 12.4 Å². The zero-order chi connectivity index (χ0) is 8.55. The fraction of sp³-hybridized carbons (Fsp3) is 0.889. The molecule has 3 nitrogen and oxygen atoms in total. The molecule has 2 aliphatic rings. The van der Waals surface area contributed by atoms with Crippen molar-refractivity contribution in [3.63, 3.8) is 0 Å². The maximum Gasteiger partial charge on any atom is 0.222 e. The van der Waals surface area contributed by atoms with Crippen LogP contribution in [0.5, 0.6) is 0 Å². The van der Waals surface area contributed by atoms with Gasteiger partial charge in [-0.2, -0.15) is 0 Å². The third kappa shape index (κ3) is 1.97. The van der Waals surface area contributed by atoms with E-state index in [1.54, 1.807) is 0 Å². The lowest BCUT2D eigenvalue weighted by molar-refractivity contribution is -0.130. The van der Waals surface area contributed by atoms with Gasteiger partial charge in [-0.3, -0.25) is 4.79 Å². The van der Waals surface area contributed by atoms with Crippen molar-refractivity contribution < 1.29 is 4.79 Å². The van der Waals surface area contributed by atoms with E-state index in [0.717, 1.165) is 38.0 Å². The Morgan fingerprint density at radius 2 is 1.92 bits per heavy atom. The maximum atomic E-state index is 11.4. The maximum absolute atomic E-state index is 11.4. The second-order valence-electron chi connectivity index (χ2n) is 3.83. The number of fused-ring (bicyclic) bond motifs is 1. The summed E-state index contributed by atoms with van der Waals surface area (Å²) in [5.41, 5.74) is 0. The molecule has 0 radical (unpaired) electrons. The van der Waals surface area contributed by atoms with Crippen LogP contribution in [0.1, 0.15) is 13.3 Å². The van der Waals surface area contributed by atoms with Crippen LogP contribution < -0.4 is 5.32 Å². The average Bonchev–Trinajstić information content (AvgIpc) is 2.60.